The summed E-state index contributed by atoms with van der Waals surface area (Å²) in [7, 11) is -0.181. The van der Waals surface area contributed by atoms with Gasteiger partial charge < -0.3 is 5.48 Å². The second kappa shape index (κ2) is 17.6. The molecule has 2 N–H and O–H groups in total. The molecular weight excluding hydrogens is 97.8 g/mol. The van der Waals surface area contributed by atoms with Crippen LogP contribution in [0.3, 0.4) is 0 Å². The molecule has 6 heteroatoms. The van der Waals surface area contributed by atoms with Crippen LogP contribution >= 0.6 is 0 Å². The Bertz CT molecular complexity index is 21.5. The standard InChI is InChI=1S/BHO3.Na.H2O/c2-1-4-3;;/h3H;;1H2/q;+1;/p-1. The Morgan fingerprint density at radius 3 is 1.83 bits per heavy atom. The fraction of sp³-hybridized carbons (Fsp3) is 0. The van der Waals surface area contributed by atoms with E-state index in [1.165, 1.54) is 0 Å². The molecule has 0 aliphatic rings. The van der Waals surface area contributed by atoms with E-state index >= 15 is 0 Å². The van der Waals surface area contributed by atoms with Crippen LogP contribution in [-0.2, 0) is 9.51 Å². The average molecular weight is 99.8 g/mol. The van der Waals surface area contributed by atoms with Gasteiger partial charge in [0.05, 0.1) is 0 Å². The third-order valence-electron chi connectivity index (χ3n) is 0.0393. The van der Waals surface area contributed by atoms with Crippen LogP contribution in [-0.4, -0.2) is 12.8 Å². The minimum absolute atomic E-state index is 0. The van der Waals surface area contributed by atoms with E-state index in [4.69, 9.17) is 9.96 Å². The van der Waals surface area contributed by atoms with Crippen LogP contribution in [0.1, 0.15) is 0 Å². The van der Waals surface area contributed by atoms with Gasteiger partial charge in [-0.25, -0.2) is 0 Å². The van der Waals surface area contributed by atoms with Gasteiger partial charge in [-0.05, 0) is 0 Å². The number of rotatable bonds is 1. The molecule has 0 saturated heterocycles. The Kier molecular flexibility index (Phi) is 46.8. The van der Waals surface area contributed by atoms with Crippen molar-refractivity contribution in [2.75, 3.05) is 0 Å². The second-order valence-corrected chi connectivity index (χ2v) is 0.192. The predicted molar refractivity (Wildman–Crippen MR) is 11.1 cm³/mol. The molecule has 0 bridgehead atoms. The zero-order valence-electron chi connectivity index (χ0n) is 3.30. The van der Waals surface area contributed by atoms with E-state index in [1.807, 2.05) is 0 Å². The van der Waals surface area contributed by atoms with Gasteiger partial charge >= 0.3 is 51.7 Å². The van der Waals surface area contributed by atoms with Gasteiger partial charge in [0, 0.05) is 0 Å². The first kappa shape index (κ1) is 16.0. The van der Waals surface area contributed by atoms with Crippen LogP contribution in [0.2, 0.25) is 0 Å². The molecule has 6 heavy (non-hydrogen) atoms. The van der Waals surface area contributed by atoms with Crippen LogP contribution in [0.15, 0.2) is 0 Å². The van der Waals surface area contributed by atoms with Crippen molar-refractivity contribution in [1.82, 2.24) is 0 Å². The van der Waals surface area contributed by atoms with Gasteiger partial charge in [-0.15, -0.1) is 0 Å². The zero-order valence-corrected chi connectivity index (χ0v) is 5.30. The van der Waals surface area contributed by atoms with Gasteiger partial charge in [0.2, 0.25) is 0 Å². The van der Waals surface area contributed by atoms with Crippen molar-refractivity contribution in [3.05, 3.63) is 0 Å². The van der Waals surface area contributed by atoms with Crippen molar-refractivity contribution < 1.29 is 49.8 Å². The summed E-state index contributed by atoms with van der Waals surface area (Å²) >= 11 is 0. The molecule has 0 amide bonds. The van der Waals surface area contributed by atoms with Gasteiger partial charge in [0.1, 0.15) is 0 Å². The third kappa shape index (κ3) is 23.5. The molecule has 0 heterocycles. The molecule has 0 radical (unpaired) electrons. The molecule has 0 fully saturated rings. The van der Waals surface area contributed by atoms with Gasteiger partial charge in [-0.1, -0.05) is 0 Å². The molecule has 0 aromatic rings. The molecule has 0 saturated carbocycles. The third-order valence-corrected chi connectivity index (χ3v) is 0.0393. The van der Waals surface area contributed by atoms with Crippen molar-refractivity contribution in [2.45, 2.75) is 0 Å². The average Bonchev–Trinajstić information content (AvgIpc) is 1.37. The van der Waals surface area contributed by atoms with Crippen LogP contribution in [0.25, 0.3) is 0 Å². The number of hydrogen-bond acceptors (Lipinski definition) is 3. The molecule has 0 aromatic carbocycles. The Hall–Kier alpha value is 0.585. The van der Waals surface area contributed by atoms with Crippen molar-refractivity contribution in [3.8, 4) is 0 Å². The minimum atomic E-state index is -0.181. The van der Waals surface area contributed by atoms with Crippen LogP contribution in [0.5, 0.6) is 0 Å². The summed E-state index contributed by atoms with van der Waals surface area (Å²) in [5.41, 5.74) is 0. The van der Waals surface area contributed by atoms with Gasteiger partial charge in [0.15, 0.2) is 0 Å². The van der Waals surface area contributed by atoms with Gasteiger partial charge in [0.25, 0.3) is 0 Å². The van der Waals surface area contributed by atoms with Crippen molar-refractivity contribution in [1.29, 1.82) is 0 Å². The first-order valence-electron chi connectivity index (χ1n) is 0.638. The molecule has 30 valence electrons. The summed E-state index contributed by atoms with van der Waals surface area (Å²) in [5.74, 6) is 0. The molecule has 0 atom stereocenters. The monoisotopic (exact) mass is 100.0 g/mol. The Morgan fingerprint density at radius 1 is 1.67 bits per heavy atom. The second-order valence-electron chi connectivity index (χ2n) is 0.192. The van der Waals surface area contributed by atoms with Crippen molar-refractivity contribution in [2.24, 2.45) is 0 Å². The van der Waals surface area contributed by atoms with Gasteiger partial charge in [-0.3, -0.25) is 0 Å². The first-order valence-corrected chi connectivity index (χ1v) is 0.638. The molecule has 0 aromatic heterocycles. The topological polar surface area (TPSA) is 80.9 Å². The van der Waals surface area contributed by atoms with Crippen molar-refractivity contribution in [3.63, 3.8) is 0 Å². The Balaban J connectivity index is -0.0000000450. The molecule has 4 nitrogen and oxygen atoms in total. The summed E-state index contributed by atoms with van der Waals surface area (Å²) < 4.78 is 8.64. The summed E-state index contributed by atoms with van der Waals surface area (Å²) in [4.78, 5) is 2.61. The normalized spacial score (nSPS) is 2.83. The molecule has 0 spiro atoms. The summed E-state index contributed by atoms with van der Waals surface area (Å²) in [6.07, 6.45) is 0. The fourth-order valence-electron chi connectivity index (χ4n) is 0. The van der Waals surface area contributed by atoms with E-state index in [2.05, 4.69) is 4.81 Å². The van der Waals surface area contributed by atoms with E-state index in [0.717, 1.165) is 0 Å². The number of hydrogen-bond donors (Lipinski definition) is 0. The van der Waals surface area contributed by atoms with Gasteiger partial charge in [-0.2, -0.15) is 0 Å². The molecule has 0 unspecified atom stereocenters. The predicted octanol–water partition coefficient (Wildman–Crippen LogP) is -5.58. The fourth-order valence-corrected chi connectivity index (χ4v) is 0. The van der Waals surface area contributed by atoms with Crippen LogP contribution in [0, 0.1) is 0 Å². The summed E-state index contributed by atoms with van der Waals surface area (Å²) in [6.45, 7) is 0. The minimum Gasteiger partial charge on any atom is 1.00 e. The molecular formula is H2BNaO4. The first-order chi connectivity index (χ1) is 1.91. The Labute approximate surface area is 57.3 Å². The Morgan fingerprint density at radius 2 is 1.83 bits per heavy atom. The van der Waals surface area contributed by atoms with E-state index in [9.17, 15) is 0 Å². The molecule has 0 aliphatic carbocycles. The van der Waals surface area contributed by atoms with E-state index in [1.54, 1.807) is 0 Å². The molecule has 0 rings (SSSR count). The maximum absolute atomic E-state index is 8.64. The van der Waals surface area contributed by atoms with E-state index in [0.29, 0.717) is 0 Å². The quantitative estimate of drug-likeness (QED) is 0.187. The van der Waals surface area contributed by atoms with E-state index < -0.39 is 0 Å². The smallest absolute Gasteiger partial charge is 1.00 e. The van der Waals surface area contributed by atoms with Crippen molar-refractivity contribution >= 4 is 7.35 Å². The van der Waals surface area contributed by atoms with E-state index in [-0.39, 0.29) is 42.4 Å². The maximum atomic E-state index is 8.64. The van der Waals surface area contributed by atoms with Crippen LogP contribution < -0.4 is 34.8 Å². The maximum Gasteiger partial charge on any atom is 1.00 e. The van der Waals surface area contributed by atoms with Crippen LogP contribution in [0.4, 0.5) is 0 Å². The molecule has 0 aliphatic heterocycles. The zero-order chi connectivity index (χ0) is 3.41. The SMILES string of the molecule is O.O=BO[O-].[Na+]. The summed E-state index contributed by atoms with van der Waals surface area (Å²) in [5, 5.41) is 8.43. The summed E-state index contributed by atoms with van der Waals surface area (Å²) in [6, 6.07) is 0. The largest absolute Gasteiger partial charge is 1.00 e.